The Morgan fingerprint density at radius 2 is 2.00 bits per heavy atom. The Kier molecular flexibility index (Phi) is 4.39. The van der Waals surface area contributed by atoms with E-state index in [0.29, 0.717) is 12.0 Å². The summed E-state index contributed by atoms with van der Waals surface area (Å²) in [5.74, 6) is 0.465. The molecule has 3 atom stereocenters. The Balaban J connectivity index is 1.43. The van der Waals surface area contributed by atoms with Gasteiger partial charge < -0.3 is 11.1 Å². The molecule has 1 aromatic carbocycles. The van der Waals surface area contributed by atoms with Crippen LogP contribution in [0.15, 0.2) is 30.3 Å². The Labute approximate surface area is 122 Å². The molecule has 0 amide bonds. The second kappa shape index (κ2) is 6.25. The van der Waals surface area contributed by atoms with Crippen LogP contribution >= 0.6 is 0 Å². The van der Waals surface area contributed by atoms with Crippen LogP contribution in [-0.4, -0.2) is 36.6 Å². The standard InChI is InChI=1S/C17H27N3/c1-13(17(18)14-5-3-2-4-6-14)11-19-15-9-10-20(12-15)16-7-8-16/h2-6,13,15-17,19H,7-12,18H2,1H3. The number of nitrogens with two attached hydrogens (primary N) is 1. The van der Waals surface area contributed by atoms with E-state index >= 15 is 0 Å². The van der Waals surface area contributed by atoms with Crippen LogP contribution in [0.1, 0.15) is 37.8 Å². The van der Waals surface area contributed by atoms with Crippen molar-refractivity contribution in [3.8, 4) is 0 Å². The molecule has 2 aliphatic rings. The van der Waals surface area contributed by atoms with Gasteiger partial charge in [0.2, 0.25) is 0 Å². The maximum atomic E-state index is 6.36. The minimum atomic E-state index is 0.129. The Morgan fingerprint density at radius 3 is 2.70 bits per heavy atom. The van der Waals surface area contributed by atoms with Crippen LogP contribution in [-0.2, 0) is 0 Å². The summed E-state index contributed by atoms with van der Waals surface area (Å²) < 4.78 is 0. The zero-order chi connectivity index (χ0) is 13.9. The SMILES string of the molecule is CC(CNC1CCN(C2CC2)C1)C(N)c1ccccc1. The summed E-state index contributed by atoms with van der Waals surface area (Å²) in [4.78, 5) is 2.65. The summed E-state index contributed by atoms with van der Waals surface area (Å²) in [6.07, 6.45) is 4.13. The molecule has 1 aliphatic heterocycles. The summed E-state index contributed by atoms with van der Waals surface area (Å²) in [5.41, 5.74) is 7.60. The third-order valence-corrected chi connectivity index (χ3v) is 4.81. The van der Waals surface area contributed by atoms with Gasteiger partial charge in [-0.2, -0.15) is 0 Å². The van der Waals surface area contributed by atoms with E-state index in [1.807, 2.05) is 6.07 Å². The van der Waals surface area contributed by atoms with Gasteiger partial charge in [0.15, 0.2) is 0 Å². The Morgan fingerprint density at radius 1 is 1.25 bits per heavy atom. The molecule has 3 N–H and O–H groups in total. The van der Waals surface area contributed by atoms with Gasteiger partial charge in [0, 0.05) is 31.2 Å². The second-order valence-electron chi connectivity index (χ2n) is 6.53. The molecule has 1 saturated carbocycles. The predicted octanol–water partition coefficient (Wildman–Crippen LogP) is 2.15. The lowest BCUT2D eigenvalue weighted by Gasteiger charge is -2.23. The molecule has 1 aliphatic carbocycles. The highest BCUT2D eigenvalue weighted by Crippen LogP contribution is 2.29. The fraction of sp³-hybridized carbons (Fsp3) is 0.647. The summed E-state index contributed by atoms with van der Waals surface area (Å²) in [5, 5.41) is 3.72. The number of hydrogen-bond donors (Lipinski definition) is 2. The van der Waals surface area contributed by atoms with Gasteiger partial charge in [-0.05, 0) is 37.3 Å². The molecule has 110 valence electrons. The number of nitrogens with zero attached hydrogens (tertiary/aromatic N) is 1. The number of rotatable bonds is 6. The van der Waals surface area contributed by atoms with E-state index in [9.17, 15) is 0 Å². The molecule has 1 heterocycles. The number of nitrogens with one attached hydrogen (secondary N) is 1. The molecule has 1 aromatic rings. The summed E-state index contributed by atoms with van der Waals surface area (Å²) in [6.45, 7) is 5.77. The van der Waals surface area contributed by atoms with Gasteiger partial charge >= 0.3 is 0 Å². The lowest BCUT2D eigenvalue weighted by molar-refractivity contribution is 0.312. The number of hydrogen-bond acceptors (Lipinski definition) is 3. The van der Waals surface area contributed by atoms with Gasteiger partial charge in [-0.15, -0.1) is 0 Å². The van der Waals surface area contributed by atoms with Crippen molar-refractivity contribution in [2.24, 2.45) is 11.7 Å². The van der Waals surface area contributed by atoms with Gasteiger partial charge in [0.1, 0.15) is 0 Å². The Bertz CT molecular complexity index is 416. The van der Waals surface area contributed by atoms with Gasteiger partial charge in [0.25, 0.3) is 0 Å². The minimum Gasteiger partial charge on any atom is -0.324 e. The third kappa shape index (κ3) is 3.40. The molecule has 3 heteroatoms. The molecule has 0 aromatic heterocycles. The molecular weight excluding hydrogens is 246 g/mol. The summed E-state index contributed by atoms with van der Waals surface area (Å²) in [7, 11) is 0. The minimum absolute atomic E-state index is 0.129. The topological polar surface area (TPSA) is 41.3 Å². The van der Waals surface area contributed by atoms with Gasteiger partial charge in [-0.25, -0.2) is 0 Å². The fourth-order valence-electron chi connectivity index (χ4n) is 3.21. The smallest absolute Gasteiger partial charge is 0.0333 e. The van der Waals surface area contributed by atoms with E-state index in [1.54, 1.807) is 0 Å². The Hall–Kier alpha value is -0.900. The predicted molar refractivity (Wildman–Crippen MR) is 83.5 cm³/mol. The molecule has 3 rings (SSSR count). The molecule has 2 fully saturated rings. The van der Waals surface area contributed by atoms with Gasteiger partial charge in [-0.1, -0.05) is 37.3 Å². The maximum absolute atomic E-state index is 6.36. The highest BCUT2D eigenvalue weighted by atomic mass is 15.2. The third-order valence-electron chi connectivity index (χ3n) is 4.81. The molecule has 0 radical (unpaired) electrons. The molecule has 20 heavy (non-hydrogen) atoms. The highest BCUT2D eigenvalue weighted by Gasteiger charge is 2.34. The van der Waals surface area contributed by atoms with Crippen molar-refractivity contribution < 1.29 is 0 Å². The first-order valence-electron chi connectivity index (χ1n) is 8.02. The van der Waals surface area contributed by atoms with Crippen LogP contribution in [0.25, 0.3) is 0 Å². The van der Waals surface area contributed by atoms with Crippen LogP contribution in [0.5, 0.6) is 0 Å². The zero-order valence-electron chi connectivity index (χ0n) is 12.5. The molecule has 0 bridgehead atoms. The largest absolute Gasteiger partial charge is 0.324 e. The first-order chi connectivity index (χ1) is 9.74. The lowest BCUT2D eigenvalue weighted by Crippen LogP contribution is -2.38. The van der Waals surface area contributed by atoms with E-state index in [0.717, 1.165) is 12.6 Å². The molecule has 3 unspecified atom stereocenters. The van der Waals surface area contributed by atoms with Crippen LogP contribution < -0.4 is 11.1 Å². The van der Waals surface area contributed by atoms with E-state index in [-0.39, 0.29) is 6.04 Å². The normalized spacial score (nSPS) is 26.6. The average molecular weight is 273 g/mol. The lowest BCUT2D eigenvalue weighted by atomic mass is 9.95. The number of likely N-dealkylation sites (tertiary alicyclic amines) is 1. The van der Waals surface area contributed by atoms with Crippen LogP contribution in [0.3, 0.4) is 0 Å². The molecular formula is C17H27N3. The van der Waals surface area contributed by atoms with E-state index < -0.39 is 0 Å². The van der Waals surface area contributed by atoms with E-state index in [1.165, 1.54) is 37.9 Å². The van der Waals surface area contributed by atoms with Crippen molar-refractivity contribution in [1.82, 2.24) is 10.2 Å². The van der Waals surface area contributed by atoms with E-state index in [4.69, 9.17) is 5.73 Å². The van der Waals surface area contributed by atoms with Crippen molar-refractivity contribution in [2.45, 2.75) is 44.3 Å². The summed E-state index contributed by atoms with van der Waals surface area (Å²) >= 11 is 0. The molecule has 3 nitrogen and oxygen atoms in total. The van der Waals surface area contributed by atoms with Crippen LogP contribution in [0, 0.1) is 5.92 Å². The average Bonchev–Trinajstić information content (AvgIpc) is 3.24. The van der Waals surface area contributed by atoms with Crippen molar-refractivity contribution in [3.05, 3.63) is 35.9 Å². The van der Waals surface area contributed by atoms with Gasteiger partial charge in [0.05, 0.1) is 0 Å². The molecule has 0 spiro atoms. The monoisotopic (exact) mass is 273 g/mol. The van der Waals surface area contributed by atoms with Gasteiger partial charge in [-0.3, -0.25) is 4.90 Å². The highest BCUT2D eigenvalue weighted by molar-refractivity contribution is 5.19. The summed E-state index contributed by atoms with van der Waals surface area (Å²) in [6, 6.07) is 12.2. The zero-order valence-corrected chi connectivity index (χ0v) is 12.5. The maximum Gasteiger partial charge on any atom is 0.0333 e. The fourth-order valence-corrected chi connectivity index (χ4v) is 3.21. The first-order valence-corrected chi connectivity index (χ1v) is 8.02. The van der Waals surface area contributed by atoms with Crippen molar-refractivity contribution in [3.63, 3.8) is 0 Å². The van der Waals surface area contributed by atoms with Crippen LogP contribution in [0.4, 0.5) is 0 Å². The van der Waals surface area contributed by atoms with Crippen molar-refractivity contribution in [2.75, 3.05) is 19.6 Å². The van der Waals surface area contributed by atoms with E-state index in [2.05, 4.69) is 41.4 Å². The molecule has 1 saturated heterocycles. The van der Waals surface area contributed by atoms with Crippen molar-refractivity contribution in [1.29, 1.82) is 0 Å². The second-order valence-corrected chi connectivity index (χ2v) is 6.53. The first kappa shape index (κ1) is 14.1. The quantitative estimate of drug-likeness (QED) is 0.834. The van der Waals surface area contributed by atoms with Crippen LogP contribution in [0.2, 0.25) is 0 Å². The van der Waals surface area contributed by atoms with Crippen molar-refractivity contribution >= 4 is 0 Å². The number of benzene rings is 1.